The number of carbonyl (C=O) groups excluding carboxylic acids is 1. The van der Waals surface area contributed by atoms with Gasteiger partial charge in [-0.25, -0.2) is 0 Å². The summed E-state index contributed by atoms with van der Waals surface area (Å²) in [7, 11) is 0. The first-order valence-electron chi connectivity index (χ1n) is 5.55. The Morgan fingerprint density at radius 3 is 2.27 bits per heavy atom. The highest BCUT2D eigenvalue weighted by Crippen LogP contribution is 2.04. The molecule has 5 nitrogen and oxygen atoms in total. The molecule has 1 aliphatic rings. The Morgan fingerprint density at radius 2 is 1.80 bits per heavy atom. The maximum absolute atomic E-state index is 10.7. The predicted octanol–water partition coefficient (Wildman–Crippen LogP) is -1.32. The van der Waals surface area contributed by atoms with E-state index in [2.05, 4.69) is 16.7 Å². The van der Waals surface area contributed by atoms with Crippen LogP contribution < -0.4 is 11.5 Å². The predicted molar refractivity (Wildman–Crippen MR) is 60.3 cm³/mol. The van der Waals surface area contributed by atoms with Gasteiger partial charge in [0.05, 0.1) is 6.54 Å². The summed E-state index contributed by atoms with van der Waals surface area (Å²) < 4.78 is 0. The largest absolute Gasteiger partial charge is 0.369 e. The van der Waals surface area contributed by atoms with E-state index in [9.17, 15) is 4.79 Å². The average Bonchev–Trinajstić information content (AvgIpc) is 2.20. The van der Waals surface area contributed by atoms with Gasteiger partial charge >= 0.3 is 0 Å². The lowest BCUT2D eigenvalue weighted by atomic mass is 10.1. The van der Waals surface area contributed by atoms with E-state index in [4.69, 9.17) is 11.5 Å². The fourth-order valence-electron chi connectivity index (χ4n) is 1.87. The van der Waals surface area contributed by atoms with Crippen LogP contribution in [-0.4, -0.2) is 61.5 Å². The zero-order valence-corrected chi connectivity index (χ0v) is 9.48. The summed E-state index contributed by atoms with van der Waals surface area (Å²) in [6.45, 7) is 8.23. The van der Waals surface area contributed by atoms with Crippen molar-refractivity contribution >= 4 is 5.91 Å². The number of carbonyl (C=O) groups is 1. The molecule has 0 aromatic carbocycles. The molecule has 0 spiro atoms. The van der Waals surface area contributed by atoms with E-state index in [1.807, 2.05) is 0 Å². The average molecular weight is 214 g/mol. The van der Waals surface area contributed by atoms with Gasteiger partial charge in [0.2, 0.25) is 5.91 Å². The van der Waals surface area contributed by atoms with E-state index < -0.39 is 0 Å². The van der Waals surface area contributed by atoms with Gasteiger partial charge in [0.1, 0.15) is 0 Å². The molecule has 15 heavy (non-hydrogen) atoms. The molecule has 1 rings (SSSR count). The number of nitrogens with zero attached hydrogens (tertiary/aromatic N) is 2. The molecule has 1 aliphatic heterocycles. The van der Waals surface area contributed by atoms with Gasteiger partial charge in [0, 0.05) is 32.7 Å². The van der Waals surface area contributed by atoms with Crippen molar-refractivity contribution in [3.63, 3.8) is 0 Å². The quantitative estimate of drug-likeness (QED) is 0.595. The second-order valence-corrected chi connectivity index (χ2v) is 4.38. The Hall–Kier alpha value is -0.650. The monoisotopic (exact) mass is 214 g/mol. The van der Waals surface area contributed by atoms with E-state index in [0.717, 1.165) is 39.3 Å². The van der Waals surface area contributed by atoms with Crippen LogP contribution in [0.4, 0.5) is 0 Å². The van der Waals surface area contributed by atoms with Crippen molar-refractivity contribution in [1.29, 1.82) is 0 Å². The topological polar surface area (TPSA) is 75.6 Å². The molecule has 0 aromatic rings. The molecule has 1 saturated heterocycles. The summed E-state index contributed by atoms with van der Waals surface area (Å²) in [5.74, 6) is 0.312. The molecule has 0 radical (unpaired) electrons. The van der Waals surface area contributed by atoms with Crippen LogP contribution >= 0.6 is 0 Å². The molecule has 1 heterocycles. The zero-order chi connectivity index (χ0) is 11.3. The van der Waals surface area contributed by atoms with Gasteiger partial charge in [-0.15, -0.1) is 0 Å². The van der Waals surface area contributed by atoms with E-state index in [1.54, 1.807) is 0 Å². The van der Waals surface area contributed by atoms with Crippen LogP contribution in [0.25, 0.3) is 0 Å². The Labute approximate surface area is 91.4 Å². The standard InChI is InChI=1S/C10H22N4O/c1-9(6-11)7-13-2-4-14(5-3-13)8-10(12)15/h9H,2-8,11H2,1H3,(H2,12,15). The minimum absolute atomic E-state index is 0.237. The van der Waals surface area contributed by atoms with Gasteiger partial charge in [0.15, 0.2) is 0 Å². The van der Waals surface area contributed by atoms with Crippen LogP contribution in [0.2, 0.25) is 0 Å². The first kappa shape index (κ1) is 12.4. The van der Waals surface area contributed by atoms with Gasteiger partial charge in [-0.3, -0.25) is 9.69 Å². The Morgan fingerprint density at radius 1 is 1.27 bits per heavy atom. The maximum atomic E-state index is 10.7. The molecule has 0 aliphatic carbocycles. The van der Waals surface area contributed by atoms with E-state index in [-0.39, 0.29) is 5.91 Å². The number of hydrogen-bond acceptors (Lipinski definition) is 4. The fourth-order valence-corrected chi connectivity index (χ4v) is 1.87. The first-order valence-corrected chi connectivity index (χ1v) is 5.55. The number of amides is 1. The summed E-state index contributed by atoms with van der Waals surface area (Å²) in [5.41, 5.74) is 10.7. The Bertz CT molecular complexity index is 202. The van der Waals surface area contributed by atoms with Crippen molar-refractivity contribution in [2.75, 3.05) is 45.8 Å². The molecule has 0 saturated carbocycles. The lowest BCUT2D eigenvalue weighted by molar-refractivity contribution is -0.119. The smallest absolute Gasteiger partial charge is 0.231 e. The third-order valence-corrected chi connectivity index (χ3v) is 2.82. The van der Waals surface area contributed by atoms with Crippen molar-refractivity contribution in [1.82, 2.24) is 9.80 Å². The highest BCUT2D eigenvalue weighted by atomic mass is 16.1. The van der Waals surface area contributed by atoms with Gasteiger partial charge in [0.25, 0.3) is 0 Å². The summed E-state index contributed by atoms with van der Waals surface area (Å²) in [6, 6.07) is 0. The zero-order valence-electron chi connectivity index (χ0n) is 9.48. The van der Waals surface area contributed by atoms with Gasteiger partial charge in [-0.1, -0.05) is 6.92 Å². The maximum Gasteiger partial charge on any atom is 0.231 e. The molecule has 5 heteroatoms. The fraction of sp³-hybridized carbons (Fsp3) is 0.900. The molecule has 0 bridgehead atoms. The molecule has 1 atom stereocenters. The van der Waals surface area contributed by atoms with Crippen LogP contribution in [0.15, 0.2) is 0 Å². The van der Waals surface area contributed by atoms with Crippen molar-refractivity contribution < 1.29 is 4.79 Å². The highest BCUT2D eigenvalue weighted by molar-refractivity contribution is 5.75. The second-order valence-electron chi connectivity index (χ2n) is 4.38. The minimum atomic E-state index is -0.237. The molecular weight excluding hydrogens is 192 g/mol. The van der Waals surface area contributed by atoms with Gasteiger partial charge in [-0.05, 0) is 12.5 Å². The SMILES string of the molecule is CC(CN)CN1CCN(CC(N)=O)CC1. The summed E-state index contributed by atoms with van der Waals surface area (Å²) in [5, 5.41) is 0. The van der Waals surface area contributed by atoms with Crippen LogP contribution in [0, 0.1) is 5.92 Å². The van der Waals surface area contributed by atoms with Crippen molar-refractivity contribution in [2.24, 2.45) is 17.4 Å². The number of nitrogens with two attached hydrogens (primary N) is 2. The van der Waals surface area contributed by atoms with Crippen molar-refractivity contribution in [3.05, 3.63) is 0 Å². The van der Waals surface area contributed by atoms with Crippen LogP contribution in [-0.2, 0) is 4.79 Å². The van der Waals surface area contributed by atoms with Crippen LogP contribution in [0.3, 0.4) is 0 Å². The summed E-state index contributed by atoms with van der Waals surface area (Å²) in [4.78, 5) is 15.2. The van der Waals surface area contributed by atoms with Crippen molar-refractivity contribution in [2.45, 2.75) is 6.92 Å². The van der Waals surface area contributed by atoms with Gasteiger partial charge < -0.3 is 16.4 Å². The third-order valence-electron chi connectivity index (χ3n) is 2.82. The second kappa shape index (κ2) is 6.05. The van der Waals surface area contributed by atoms with Gasteiger partial charge in [-0.2, -0.15) is 0 Å². The highest BCUT2D eigenvalue weighted by Gasteiger charge is 2.18. The molecule has 1 unspecified atom stereocenters. The molecule has 4 N–H and O–H groups in total. The molecule has 1 fully saturated rings. The Kier molecular flexibility index (Phi) is 5.01. The van der Waals surface area contributed by atoms with Crippen molar-refractivity contribution in [3.8, 4) is 0 Å². The van der Waals surface area contributed by atoms with E-state index in [1.165, 1.54) is 0 Å². The van der Waals surface area contributed by atoms with Crippen LogP contribution in [0.5, 0.6) is 0 Å². The minimum Gasteiger partial charge on any atom is -0.369 e. The third kappa shape index (κ3) is 4.59. The Balaban J connectivity index is 2.20. The lowest BCUT2D eigenvalue weighted by Crippen LogP contribution is -2.50. The number of rotatable bonds is 5. The molecule has 1 amide bonds. The van der Waals surface area contributed by atoms with E-state index >= 15 is 0 Å². The molecule has 88 valence electrons. The summed E-state index contributed by atoms with van der Waals surface area (Å²) >= 11 is 0. The number of hydrogen-bond donors (Lipinski definition) is 2. The normalized spacial score (nSPS) is 21.5. The van der Waals surface area contributed by atoms with E-state index in [0.29, 0.717) is 12.5 Å². The summed E-state index contributed by atoms with van der Waals surface area (Å²) in [6.07, 6.45) is 0. The molecule has 0 aromatic heterocycles. The molecular formula is C10H22N4O. The first-order chi connectivity index (χ1) is 7.11. The number of primary amides is 1. The lowest BCUT2D eigenvalue weighted by Gasteiger charge is -2.35. The number of piperazine rings is 1. The van der Waals surface area contributed by atoms with Crippen LogP contribution in [0.1, 0.15) is 6.92 Å².